The van der Waals surface area contributed by atoms with E-state index in [0.717, 1.165) is 13.0 Å². The van der Waals surface area contributed by atoms with Crippen LogP contribution in [0.1, 0.15) is 20.3 Å². The lowest BCUT2D eigenvalue weighted by Crippen LogP contribution is -2.46. The van der Waals surface area contributed by atoms with Crippen LogP contribution in [0.3, 0.4) is 0 Å². The maximum absolute atomic E-state index is 8.61. The molecule has 4 N–H and O–H groups in total. The number of nitrogens with two attached hydrogens (primary N) is 1. The van der Waals surface area contributed by atoms with Crippen molar-refractivity contribution >= 4 is 5.84 Å². The van der Waals surface area contributed by atoms with Crippen molar-refractivity contribution in [3.8, 4) is 0 Å². The number of nitrogens with one attached hydrogen (secondary N) is 1. The Bertz CT molecular complexity index is 322. The first kappa shape index (κ1) is 12.5. The fourth-order valence-electron chi connectivity index (χ4n) is 1.59. The monoisotopic (exact) mass is 225 g/mol. The molecular weight excluding hydrogens is 206 g/mol. The molecule has 0 aliphatic rings. The van der Waals surface area contributed by atoms with Crippen molar-refractivity contribution in [1.29, 1.82) is 0 Å². The van der Waals surface area contributed by atoms with Crippen molar-refractivity contribution in [1.82, 2.24) is 14.9 Å². The summed E-state index contributed by atoms with van der Waals surface area (Å²) in [5, 5.41) is 14.9. The molecule has 0 spiro atoms. The lowest BCUT2D eigenvalue weighted by Gasteiger charge is -2.21. The molecule has 16 heavy (non-hydrogen) atoms. The van der Waals surface area contributed by atoms with Gasteiger partial charge >= 0.3 is 0 Å². The molecule has 0 saturated carbocycles. The average Bonchev–Trinajstić information content (AvgIpc) is 2.77. The van der Waals surface area contributed by atoms with Crippen molar-refractivity contribution in [3.63, 3.8) is 0 Å². The van der Waals surface area contributed by atoms with Crippen LogP contribution in [0.4, 0.5) is 0 Å². The van der Waals surface area contributed by atoms with Crippen LogP contribution in [0, 0.1) is 0 Å². The van der Waals surface area contributed by atoms with Crippen molar-refractivity contribution in [3.05, 3.63) is 18.7 Å². The zero-order chi connectivity index (χ0) is 12.0. The summed E-state index contributed by atoms with van der Waals surface area (Å²) in [4.78, 5) is 3.97. The number of hydrogen-bond acceptors (Lipinski definition) is 4. The molecule has 6 heteroatoms. The van der Waals surface area contributed by atoms with Crippen LogP contribution in [0.2, 0.25) is 0 Å². The van der Waals surface area contributed by atoms with E-state index in [-0.39, 0.29) is 17.9 Å². The Balaban J connectivity index is 2.46. The molecule has 0 amide bonds. The van der Waals surface area contributed by atoms with Crippen molar-refractivity contribution in [2.24, 2.45) is 10.9 Å². The van der Waals surface area contributed by atoms with Gasteiger partial charge in [-0.25, -0.2) is 4.98 Å². The number of amidine groups is 1. The predicted octanol–water partition coefficient (Wildman–Crippen LogP) is 0.386. The van der Waals surface area contributed by atoms with Crippen molar-refractivity contribution < 1.29 is 5.21 Å². The number of hydrogen-bond donors (Lipinski definition) is 3. The maximum Gasteiger partial charge on any atom is 0.156 e. The van der Waals surface area contributed by atoms with Crippen LogP contribution in [0.25, 0.3) is 0 Å². The van der Waals surface area contributed by atoms with Crippen LogP contribution >= 0.6 is 0 Å². The van der Waals surface area contributed by atoms with E-state index in [1.807, 2.05) is 24.6 Å². The standard InChI is InChI=1S/C10H19N5O/c1-3-9(10(11)14-16)13-8(2)6-15-5-4-12-7-15/h4-5,7-9,13,16H,3,6H2,1-2H3,(H2,11,14). The quantitative estimate of drug-likeness (QED) is 0.283. The van der Waals surface area contributed by atoms with Gasteiger partial charge in [-0.2, -0.15) is 0 Å². The molecule has 1 aromatic heterocycles. The molecule has 1 heterocycles. The Labute approximate surface area is 95.2 Å². The normalized spacial score (nSPS) is 16.0. The molecule has 1 aromatic rings. The summed E-state index contributed by atoms with van der Waals surface area (Å²) >= 11 is 0. The van der Waals surface area contributed by atoms with Crippen molar-refractivity contribution in [2.75, 3.05) is 0 Å². The first-order chi connectivity index (χ1) is 7.67. The van der Waals surface area contributed by atoms with E-state index in [0.29, 0.717) is 0 Å². The number of imidazole rings is 1. The summed E-state index contributed by atoms with van der Waals surface area (Å²) in [6, 6.07) is 0.128. The number of rotatable bonds is 6. The SMILES string of the molecule is CCC(NC(C)Cn1ccnc1)C(N)=NO. The zero-order valence-corrected chi connectivity index (χ0v) is 9.67. The van der Waals surface area contributed by atoms with Gasteiger partial charge < -0.3 is 20.8 Å². The molecule has 0 radical (unpaired) electrons. The Morgan fingerprint density at radius 2 is 2.44 bits per heavy atom. The molecule has 0 aliphatic carbocycles. The highest BCUT2D eigenvalue weighted by Gasteiger charge is 2.14. The zero-order valence-electron chi connectivity index (χ0n) is 9.67. The first-order valence-corrected chi connectivity index (χ1v) is 5.36. The van der Waals surface area contributed by atoms with E-state index in [1.165, 1.54) is 0 Å². The highest BCUT2D eigenvalue weighted by molar-refractivity contribution is 5.85. The van der Waals surface area contributed by atoms with Crippen LogP contribution < -0.4 is 11.1 Å². The van der Waals surface area contributed by atoms with E-state index in [1.54, 1.807) is 12.5 Å². The summed E-state index contributed by atoms with van der Waals surface area (Å²) in [6.07, 6.45) is 6.20. The van der Waals surface area contributed by atoms with Crippen LogP contribution in [-0.2, 0) is 6.54 Å². The van der Waals surface area contributed by atoms with Crippen LogP contribution in [-0.4, -0.2) is 32.7 Å². The summed E-state index contributed by atoms with van der Waals surface area (Å²) in [5.74, 6) is 0.222. The summed E-state index contributed by atoms with van der Waals surface area (Å²) < 4.78 is 1.98. The molecule has 2 unspecified atom stereocenters. The molecule has 0 fully saturated rings. The molecule has 0 aliphatic heterocycles. The second-order valence-corrected chi connectivity index (χ2v) is 3.81. The van der Waals surface area contributed by atoms with E-state index in [4.69, 9.17) is 10.9 Å². The van der Waals surface area contributed by atoms with Crippen LogP contribution in [0.15, 0.2) is 23.9 Å². The molecule has 90 valence electrons. The summed E-state index contributed by atoms with van der Waals surface area (Å²) in [6.45, 7) is 4.84. The molecule has 1 rings (SSSR count). The van der Waals surface area contributed by atoms with Gasteiger partial charge in [0, 0.05) is 25.0 Å². The van der Waals surface area contributed by atoms with E-state index < -0.39 is 0 Å². The van der Waals surface area contributed by atoms with E-state index in [2.05, 4.69) is 15.5 Å². The largest absolute Gasteiger partial charge is 0.409 e. The maximum atomic E-state index is 8.61. The Kier molecular flexibility index (Phi) is 4.78. The van der Waals surface area contributed by atoms with Gasteiger partial charge in [0.2, 0.25) is 0 Å². The van der Waals surface area contributed by atoms with Gasteiger partial charge in [-0.15, -0.1) is 0 Å². The minimum Gasteiger partial charge on any atom is -0.409 e. The first-order valence-electron chi connectivity index (χ1n) is 5.36. The van der Waals surface area contributed by atoms with Gasteiger partial charge in [-0.3, -0.25) is 0 Å². The lowest BCUT2D eigenvalue weighted by molar-refractivity contribution is 0.312. The summed E-state index contributed by atoms with van der Waals surface area (Å²) in [7, 11) is 0. The minimum atomic E-state index is -0.0940. The van der Waals surface area contributed by atoms with Gasteiger partial charge in [0.25, 0.3) is 0 Å². The average molecular weight is 225 g/mol. The number of oxime groups is 1. The van der Waals surface area contributed by atoms with Crippen LogP contribution in [0.5, 0.6) is 0 Å². The van der Waals surface area contributed by atoms with E-state index in [9.17, 15) is 0 Å². The topological polar surface area (TPSA) is 88.5 Å². The van der Waals surface area contributed by atoms with Gasteiger partial charge in [0.05, 0.1) is 12.4 Å². The molecule has 0 bridgehead atoms. The molecule has 0 saturated heterocycles. The molecule has 6 nitrogen and oxygen atoms in total. The second kappa shape index (κ2) is 6.12. The fraction of sp³-hybridized carbons (Fsp3) is 0.600. The Morgan fingerprint density at radius 3 is 2.94 bits per heavy atom. The molecule has 2 atom stereocenters. The molecule has 0 aromatic carbocycles. The Morgan fingerprint density at radius 1 is 1.69 bits per heavy atom. The van der Waals surface area contributed by atoms with Crippen molar-refractivity contribution in [2.45, 2.75) is 38.9 Å². The van der Waals surface area contributed by atoms with Gasteiger partial charge in [0.1, 0.15) is 0 Å². The smallest absolute Gasteiger partial charge is 0.156 e. The lowest BCUT2D eigenvalue weighted by atomic mass is 10.2. The summed E-state index contributed by atoms with van der Waals surface area (Å²) in [5.41, 5.74) is 5.57. The highest BCUT2D eigenvalue weighted by Crippen LogP contribution is 1.97. The second-order valence-electron chi connectivity index (χ2n) is 3.81. The van der Waals surface area contributed by atoms with Gasteiger partial charge in [0.15, 0.2) is 5.84 Å². The van der Waals surface area contributed by atoms with Gasteiger partial charge in [-0.05, 0) is 13.3 Å². The predicted molar refractivity (Wildman–Crippen MR) is 62.3 cm³/mol. The third-order valence-corrected chi connectivity index (χ3v) is 2.41. The number of nitrogens with zero attached hydrogens (tertiary/aromatic N) is 3. The third kappa shape index (κ3) is 3.54. The minimum absolute atomic E-state index is 0.0940. The molecular formula is C10H19N5O. The third-order valence-electron chi connectivity index (χ3n) is 2.41. The fourth-order valence-corrected chi connectivity index (χ4v) is 1.59. The Hall–Kier alpha value is -1.56. The van der Waals surface area contributed by atoms with E-state index >= 15 is 0 Å². The van der Waals surface area contributed by atoms with Gasteiger partial charge in [-0.1, -0.05) is 12.1 Å². The number of aromatic nitrogens is 2. The highest BCUT2D eigenvalue weighted by atomic mass is 16.4.